The summed E-state index contributed by atoms with van der Waals surface area (Å²) in [5.41, 5.74) is 11.4. The van der Waals surface area contributed by atoms with Crippen molar-refractivity contribution in [1.29, 1.82) is 0 Å². The number of fused-ring (bicyclic) bond motifs is 2. The molecule has 2 saturated carbocycles. The van der Waals surface area contributed by atoms with Crippen molar-refractivity contribution >= 4 is 21.5 Å². The normalized spacial score (nSPS) is 14.5. The number of benzene rings is 4. The van der Waals surface area contributed by atoms with Gasteiger partial charge >= 0.3 is 26.2 Å². The molecule has 6 aromatic carbocycles. The summed E-state index contributed by atoms with van der Waals surface area (Å²) in [4.78, 5) is 0. The molecule has 0 unspecified atom stereocenters. The SMILES string of the molecule is CCc1ccc(-c2cccc3[cH-]c(C4CCCCC4)cc23)cc1.CCc1ccc(-c2cccc3[cH-]c(C4CCCCC4)cc23)cc1.[CH2-]C[CH2-].[Cl-].[Cl-].[Zr+2]. The minimum atomic E-state index is 0. The molecule has 0 aromatic heterocycles. The molecule has 0 nitrogen and oxygen atoms in total. The van der Waals surface area contributed by atoms with Crippen LogP contribution in [0.2, 0.25) is 0 Å². The third kappa shape index (κ3) is 10.8. The smallest absolute Gasteiger partial charge is 1.00 e. The number of hydrogen-bond donors (Lipinski definition) is 0. The summed E-state index contributed by atoms with van der Waals surface area (Å²) in [5.74, 6) is 1.57. The number of aryl methyl sites for hydroxylation is 2. The molecular formula is C49H56Cl2Zr-4. The van der Waals surface area contributed by atoms with Crippen molar-refractivity contribution in [3.63, 3.8) is 0 Å². The Bertz CT molecular complexity index is 1740. The fourth-order valence-corrected chi connectivity index (χ4v) is 8.20. The van der Waals surface area contributed by atoms with E-state index in [1.807, 2.05) is 0 Å². The molecule has 0 saturated heterocycles. The van der Waals surface area contributed by atoms with Gasteiger partial charge in [-0.25, -0.2) is 0 Å². The van der Waals surface area contributed by atoms with Crippen molar-refractivity contribution in [1.82, 2.24) is 0 Å². The Kier molecular flexibility index (Phi) is 18.7. The topological polar surface area (TPSA) is 0 Å². The zero-order valence-electron chi connectivity index (χ0n) is 31.4. The zero-order valence-corrected chi connectivity index (χ0v) is 35.4. The number of halogens is 2. The second-order valence-electron chi connectivity index (χ2n) is 14.3. The Labute approximate surface area is 346 Å². The van der Waals surface area contributed by atoms with E-state index in [1.54, 1.807) is 11.1 Å². The Morgan fingerprint density at radius 2 is 0.865 bits per heavy atom. The van der Waals surface area contributed by atoms with Crippen LogP contribution in [0.15, 0.2) is 109 Å². The molecule has 52 heavy (non-hydrogen) atoms. The molecule has 0 radical (unpaired) electrons. The van der Waals surface area contributed by atoms with Gasteiger partial charge in [0.25, 0.3) is 0 Å². The van der Waals surface area contributed by atoms with E-state index in [2.05, 4.69) is 137 Å². The summed E-state index contributed by atoms with van der Waals surface area (Å²) < 4.78 is 0. The van der Waals surface area contributed by atoms with E-state index in [4.69, 9.17) is 0 Å². The van der Waals surface area contributed by atoms with Crippen LogP contribution in [0.5, 0.6) is 0 Å². The van der Waals surface area contributed by atoms with Gasteiger partial charge in [0.2, 0.25) is 0 Å². The van der Waals surface area contributed by atoms with Crippen molar-refractivity contribution < 1.29 is 51.0 Å². The van der Waals surface area contributed by atoms with Gasteiger partial charge in [-0.05, 0) is 72.6 Å². The van der Waals surface area contributed by atoms with E-state index in [0.29, 0.717) is 0 Å². The van der Waals surface area contributed by atoms with Crippen LogP contribution in [-0.2, 0) is 39.0 Å². The Hall–Kier alpha value is -2.44. The molecule has 0 aliphatic heterocycles. The molecule has 8 rings (SSSR count). The van der Waals surface area contributed by atoms with Crippen LogP contribution in [0.1, 0.15) is 119 Å². The van der Waals surface area contributed by atoms with Crippen molar-refractivity contribution in [3.8, 4) is 22.3 Å². The fraction of sp³-hybridized carbons (Fsp3) is 0.347. The van der Waals surface area contributed by atoms with Crippen LogP contribution in [0.3, 0.4) is 0 Å². The number of hydrogen-bond acceptors (Lipinski definition) is 0. The van der Waals surface area contributed by atoms with Crippen LogP contribution in [0.25, 0.3) is 43.8 Å². The second kappa shape index (κ2) is 22.1. The van der Waals surface area contributed by atoms with Crippen LogP contribution in [0, 0.1) is 13.8 Å². The van der Waals surface area contributed by atoms with Crippen LogP contribution in [0.4, 0.5) is 0 Å². The van der Waals surface area contributed by atoms with E-state index in [-0.39, 0.29) is 51.0 Å². The molecule has 2 aliphatic rings. The maximum atomic E-state index is 3.38. The Balaban J connectivity index is 0.000000248. The van der Waals surface area contributed by atoms with Crippen LogP contribution < -0.4 is 24.8 Å². The van der Waals surface area contributed by atoms with Gasteiger partial charge in [-0.1, -0.05) is 124 Å². The minimum absolute atomic E-state index is 0. The molecule has 2 fully saturated rings. The number of rotatable bonds is 6. The first-order valence-corrected chi connectivity index (χ1v) is 19.3. The maximum Gasteiger partial charge on any atom is 2.00 e. The average Bonchev–Trinajstić information content (AvgIpc) is 3.82. The van der Waals surface area contributed by atoms with Crippen molar-refractivity contribution in [2.75, 3.05) is 0 Å². The fourth-order valence-electron chi connectivity index (χ4n) is 8.20. The van der Waals surface area contributed by atoms with Gasteiger partial charge in [-0.15, -0.1) is 69.1 Å². The summed E-state index contributed by atoms with van der Waals surface area (Å²) in [5, 5.41) is 5.67. The van der Waals surface area contributed by atoms with Crippen molar-refractivity contribution in [2.45, 2.75) is 109 Å². The summed E-state index contributed by atoms with van der Waals surface area (Å²) >= 11 is 0. The standard InChI is InChI=1S/2C23H25.C3H6.2ClH.Zr/c2*1-2-17-11-13-19(14-12-17)22-10-6-9-20-15-21(16-23(20)22)18-7-4-3-5-8-18;1-3-2;;;/h2*6,9-16,18H,2-5,7-8H2,1H3;1-3H2;2*1H;/q2*-1;-2;;;+2/p-2. The molecule has 0 bridgehead atoms. The summed E-state index contributed by atoms with van der Waals surface area (Å²) in [6.07, 6.45) is 16.9. The zero-order chi connectivity index (χ0) is 34.0. The predicted molar refractivity (Wildman–Crippen MR) is 216 cm³/mol. The quantitative estimate of drug-likeness (QED) is 0.148. The molecule has 3 heteroatoms. The average molecular weight is 807 g/mol. The molecule has 0 amide bonds. The first kappa shape index (κ1) is 44.0. The van der Waals surface area contributed by atoms with Crippen molar-refractivity contribution in [2.24, 2.45) is 0 Å². The molecule has 274 valence electrons. The third-order valence-electron chi connectivity index (χ3n) is 11.0. The van der Waals surface area contributed by atoms with Gasteiger partial charge in [0.05, 0.1) is 0 Å². The molecule has 0 spiro atoms. The van der Waals surface area contributed by atoms with E-state index in [9.17, 15) is 0 Å². The molecular weight excluding hydrogens is 751 g/mol. The van der Waals surface area contributed by atoms with E-state index in [0.717, 1.165) is 31.1 Å². The molecule has 0 heterocycles. The molecule has 2 aliphatic carbocycles. The predicted octanol–water partition coefficient (Wildman–Crippen LogP) is 8.72. The van der Waals surface area contributed by atoms with Gasteiger partial charge in [-0.3, -0.25) is 0 Å². The van der Waals surface area contributed by atoms with E-state index in [1.165, 1.54) is 119 Å². The van der Waals surface area contributed by atoms with E-state index < -0.39 is 0 Å². The molecule has 0 N–H and O–H groups in total. The largest absolute Gasteiger partial charge is 2.00 e. The van der Waals surface area contributed by atoms with Crippen LogP contribution in [-0.4, -0.2) is 0 Å². The summed E-state index contributed by atoms with van der Waals surface area (Å²) in [6, 6.07) is 41.5. The first-order valence-electron chi connectivity index (χ1n) is 19.3. The van der Waals surface area contributed by atoms with Gasteiger partial charge in [0.1, 0.15) is 0 Å². The molecule has 0 atom stereocenters. The summed E-state index contributed by atoms with van der Waals surface area (Å²) in [6.45, 7) is 11.2. The Morgan fingerprint density at radius 3 is 1.19 bits per heavy atom. The Morgan fingerprint density at radius 1 is 0.519 bits per heavy atom. The monoisotopic (exact) mass is 804 g/mol. The third-order valence-corrected chi connectivity index (χ3v) is 11.0. The first-order chi connectivity index (χ1) is 24.1. The van der Waals surface area contributed by atoms with Crippen molar-refractivity contribution in [3.05, 3.63) is 145 Å². The molecule has 6 aromatic rings. The maximum absolute atomic E-state index is 3.38. The minimum Gasteiger partial charge on any atom is -1.00 e. The van der Waals surface area contributed by atoms with Crippen LogP contribution >= 0.6 is 0 Å². The van der Waals surface area contributed by atoms with E-state index >= 15 is 0 Å². The second-order valence-corrected chi connectivity index (χ2v) is 14.3. The van der Waals surface area contributed by atoms with Gasteiger partial charge in [-0.2, -0.15) is 12.1 Å². The van der Waals surface area contributed by atoms with Gasteiger partial charge in [0, 0.05) is 0 Å². The van der Waals surface area contributed by atoms with Gasteiger partial charge in [0.15, 0.2) is 0 Å². The summed E-state index contributed by atoms with van der Waals surface area (Å²) in [7, 11) is 0. The van der Waals surface area contributed by atoms with Gasteiger partial charge < -0.3 is 45.1 Å².